The molecule has 0 bridgehead atoms. The van der Waals surface area contributed by atoms with Crippen LogP contribution >= 0.6 is 0 Å². The number of amides is 1. The molecule has 0 spiro atoms. The van der Waals surface area contributed by atoms with Crippen molar-refractivity contribution in [3.8, 4) is 0 Å². The van der Waals surface area contributed by atoms with E-state index < -0.39 is 0 Å². The van der Waals surface area contributed by atoms with Crippen LogP contribution in [0.2, 0.25) is 0 Å². The number of piperazine rings is 1. The molecule has 0 aromatic rings. The third kappa shape index (κ3) is 4.18. The van der Waals surface area contributed by atoms with Gasteiger partial charge in [0.2, 0.25) is 5.91 Å². The first-order valence-corrected chi connectivity index (χ1v) is 5.23. The Balaban J connectivity index is 2.14. The standard InChI is InChI=1S/C9H17N5O/c1-9(15)14-7-5-13(6-8-14)4-2-3-11-12-10/h2-8H2,1H3. The summed E-state index contributed by atoms with van der Waals surface area (Å²) >= 11 is 0. The van der Waals surface area contributed by atoms with Gasteiger partial charge in [0.05, 0.1) is 0 Å². The van der Waals surface area contributed by atoms with Crippen molar-refractivity contribution >= 4 is 5.91 Å². The normalized spacial score (nSPS) is 17.3. The topological polar surface area (TPSA) is 72.3 Å². The van der Waals surface area contributed by atoms with Crippen LogP contribution in [0.25, 0.3) is 10.4 Å². The predicted octanol–water partition coefficient (Wildman–Crippen LogP) is 0.851. The second-order valence-electron chi connectivity index (χ2n) is 3.66. The average molecular weight is 211 g/mol. The first-order valence-electron chi connectivity index (χ1n) is 5.23. The lowest BCUT2D eigenvalue weighted by Crippen LogP contribution is -2.48. The second-order valence-corrected chi connectivity index (χ2v) is 3.66. The molecule has 0 aliphatic carbocycles. The molecule has 0 radical (unpaired) electrons. The van der Waals surface area contributed by atoms with Crippen LogP contribution in [0, 0.1) is 0 Å². The van der Waals surface area contributed by atoms with Crippen LogP contribution in [0.5, 0.6) is 0 Å². The molecule has 0 saturated carbocycles. The van der Waals surface area contributed by atoms with E-state index in [0.717, 1.165) is 39.1 Å². The van der Waals surface area contributed by atoms with Crippen LogP contribution < -0.4 is 0 Å². The molecule has 1 aliphatic rings. The number of rotatable bonds is 4. The maximum absolute atomic E-state index is 11.1. The number of carbonyl (C=O) groups is 1. The molecule has 0 N–H and O–H groups in total. The van der Waals surface area contributed by atoms with E-state index >= 15 is 0 Å². The van der Waals surface area contributed by atoms with Crippen LogP contribution in [-0.2, 0) is 4.79 Å². The Morgan fingerprint density at radius 1 is 1.40 bits per heavy atom. The van der Waals surface area contributed by atoms with Gasteiger partial charge in [-0.2, -0.15) is 0 Å². The molecule has 1 rings (SSSR count). The second kappa shape index (κ2) is 6.27. The fourth-order valence-corrected chi connectivity index (χ4v) is 1.70. The fourth-order valence-electron chi connectivity index (χ4n) is 1.70. The molecule has 1 saturated heterocycles. The molecule has 0 unspecified atom stereocenters. The minimum absolute atomic E-state index is 0.156. The number of hydrogen-bond donors (Lipinski definition) is 0. The van der Waals surface area contributed by atoms with Gasteiger partial charge in [-0.3, -0.25) is 9.69 Å². The number of azide groups is 1. The van der Waals surface area contributed by atoms with Gasteiger partial charge in [0.25, 0.3) is 0 Å². The van der Waals surface area contributed by atoms with Gasteiger partial charge in [0, 0.05) is 44.6 Å². The van der Waals surface area contributed by atoms with Crippen molar-refractivity contribution in [3.63, 3.8) is 0 Å². The van der Waals surface area contributed by atoms with E-state index in [2.05, 4.69) is 14.9 Å². The Labute approximate surface area is 89.5 Å². The van der Waals surface area contributed by atoms with Crippen LogP contribution in [-0.4, -0.2) is 55.0 Å². The quantitative estimate of drug-likeness (QED) is 0.299. The minimum Gasteiger partial charge on any atom is -0.340 e. The van der Waals surface area contributed by atoms with Gasteiger partial charge in [0.15, 0.2) is 0 Å². The summed E-state index contributed by atoms with van der Waals surface area (Å²) in [6, 6.07) is 0. The zero-order valence-corrected chi connectivity index (χ0v) is 9.09. The molecular formula is C9H17N5O. The Kier molecular flexibility index (Phi) is 4.93. The zero-order chi connectivity index (χ0) is 11.1. The van der Waals surface area contributed by atoms with Gasteiger partial charge < -0.3 is 4.90 Å². The van der Waals surface area contributed by atoms with Crippen molar-refractivity contribution < 1.29 is 4.79 Å². The monoisotopic (exact) mass is 211 g/mol. The molecule has 0 aromatic carbocycles. The number of carbonyl (C=O) groups excluding carboxylic acids is 1. The molecule has 0 atom stereocenters. The summed E-state index contributed by atoms with van der Waals surface area (Å²) in [7, 11) is 0. The molecule has 6 heteroatoms. The van der Waals surface area contributed by atoms with Crippen molar-refractivity contribution in [1.29, 1.82) is 0 Å². The largest absolute Gasteiger partial charge is 0.340 e. The van der Waals surface area contributed by atoms with E-state index in [0.29, 0.717) is 6.54 Å². The van der Waals surface area contributed by atoms with Crippen molar-refractivity contribution in [1.82, 2.24) is 9.80 Å². The van der Waals surface area contributed by atoms with Crippen LogP contribution in [0.15, 0.2) is 5.11 Å². The molecule has 15 heavy (non-hydrogen) atoms. The lowest BCUT2D eigenvalue weighted by Gasteiger charge is -2.34. The van der Waals surface area contributed by atoms with E-state index in [4.69, 9.17) is 5.53 Å². The average Bonchev–Trinajstić information content (AvgIpc) is 2.25. The highest BCUT2D eigenvalue weighted by Gasteiger charge is 2.17. The van der Waals surface area contributed by atoms with E-state index in [-0.39, 0.29) is 5.91 Å². The first-order chi connectivity index (χ1) is 7.24. The van der Waals surface area contributed by atoms with Gasteiger partial charge in [-0.05, 0) is 18.5 Å². The Morgan fingerprint density at radius 2 is 2.07 bits per heavy atom. The van der Waals surface area contributed by atoms with E-state index in [1.165, 1.54) is 0 Å². The van der Waals surface area contributed by atoms with Crippen LogP contribution in [0.4, 0.5) is 0 Å². The van der Waals surface area contributed by atoms with Gasteiger partial charge >= 0.3 is 0 Å². The third-order valence-electron chi connectivity index (χ3n) is 2.61. The lowest BCUT2D eigenvalue weighted by atomic mass is 10.3. The summed E-state index contributed by atoms with van der Waals surface area (Å²) in [5.74, 6) is 0.156. The van der Waals surface area contributed by atoms with Crippen molar-refractivity contribution in [2.24, 2.45) is 5.11 Å². The third-order valence-corrected chi connectivity index (χ3v) is 2.61. The molecule has 1 fully saturated rings. The molecule has 6 nitrogen and oxygen atoms in total. The summed E-state index contributed by atoms with van der Waals surface area (Å²) in [5.41, 5.74) is 8.10. The summed E-state index contributed by atoms with van der Waals surface area (Å²) in [4.78, 5) is 17.9. The van der Waals surface area contributed by atoms with E-state index in [1.807, 2.05) is 4.90 Å². The summed E-state index contributed by atoms with van der Waals surface area (Å²) in [5, 5.41) is 3.49. The molecular weight excluding hydrogens is 194 g/mol. The minimum atomic E-state index is 0.156. The smallest absolute Gasteiger partial charge is 0.219 e. The molecule has 1 heterocycles. The maximum Gasteiger partial charge on any atom is 0.219 e. The Hall–Kier alpha value is -1.26. The van der Waals surface area contributed by atoms with Gasteiger partial charge in [-0.25, -0.2) is 0 Å². The van der Waals surface area contributed by atoms with Crippen LogP contribution in [0.3, 0.4) is 0 Å². The van der Waals surface area contributed by atoms with E-state index in [1.54, 1.807) is 6.92 Å². The highest BCUT2D eigenvalue weighted by molar-refractivity contribution is 5.73. The highest BCUT2D eigenvalue weighted by Crippen LogP contribution is 2.02. The molecule has 1 aliphatic heterocycles. The van der Waals surface area contributed by atoms with Crippen molar-refractivity contribution in [3.05, 3.63) is 10.4 Å². The summed E-state index contributed by atoms with van der Waals surface area (Å²) < 4.78 is 0. The van der Waals surface area contributed by atoms with Crippen molar-refractivity contribution in [2.75, 3.05) is 39.3 Å². The Bertz CT molecular complexity index is 250. The van der Waals surface area contributed by atoms with E-state index in [9.17, 15) is 4.79 Å². The maximum atomic E-state index is 11.1. The predicted molar refractivity (Wildman–Crippen MR) is 57.3 cm³/mol. The zero-order valence-electron chi connectivity index (χ0n) is 9.09. The highest BCUT2D eigenvalue weighted by atomic mass is 16.2. The van der Waals surface area contributed by atoms with Gasteiger partial charge in [-0.15, -0.1) is 0 Å². The summed E-state index contributed by atoms with van der Waals surface area (Å²) in [6.07, 6.45) is 0.893. The SMILES string of the molecule is CC(=O)N1CCN(CCCN=[N+]=[N-])CC1. The summed E-state index contributed by atoms with van der Waals surface area (Å²) in [6.45, 7) is 6.60. The number of nitrogens with zero attached hydrogens (tertiary/aromatic N) is 5. The van der Waals surface area contributed by atoms with Gasteiger partial charge in [-0.1, -0.05) is 5.11 Å². The van der Waals surface area contributed by atoms with Crippen molar-refractivity contribution in [2.45, 2.75) is 13.3 Å². The number of hydrogen-bond acceptors (Lipinski definition) is 3. The fraction of sp³-hybridized carbons (Fsp3) is 0.889. The molecule has 0 aromatic heterocycles. The molecule has 1 amide bonds. The lowest BCUT2D eigenvalue weighted by molar-refractivity contribution is -0.130. The first kappa shape index (κ1) is 11.8. The van der Waals surface area contributed by atoms with Crippen LogP contribution in [0.1, 0.15) is 13.3 Å². The Morgan fingerprint density at radius 3 is 2.60 bits per heavy atom. The molecule has 84 valence electrons. The van der Waals surface area contributed by atoms with Gasteiger partial charge in [0.1, 0.15) is 0 Å².